The van der Waals surface area contributed by atoms with Crippen molar-refractivity contribution in [1.82, 2.24) is 24.2 Å². The van der Waals surface area contributed by atoms with Gasteiger partial charge >= 0.3 is 0 Å². The van der Waals surface area contributed by atoms with Crippen LogP contribution in [0.2, 0.25) is 0 Å². The molecule has 0 radical (unpaired) electrons. The van der Waals surface area contributed by atoms with E-state index in [1.807, 2.05) is 29.9 Å². The molecule has 3 aromatic heterocycles. The number of methoxy groups -OCH3 is 1. The highest BCUT2D eigenvalue weighted by atomic mass is 32.2. The summed E-state index contributed by atoms with van der Waals surface area (Å²) in [7, 11) is 0.439. The second-order valence-corrected chi connectivity index (χ2v) is 11.2. The van der Waals surface area contributed by atoms with Crippen molar-refractivity contribution in [3.63, 3.8) is 0 Å². The number of hydrogen-bond acceptors (Lipinski definition) is 6. The maximum absolute atomic E-state index is 14.3. The Morgan fingerprint density at radius 3 is 2.60 bits per heavy atom. The van der Waals surface area contributed by atoms with E-state index in [-0.39, 0.29) is 17.3 Å². The number of ether oxygens (including phenoxy) is 1. The van der Waals surface area contributed by atoms with Gasteiger partial charge in [0, 0.05) is 43.5 Å². The number of aromatic nitrogens is 4. The summed E-state index contributed by atoms with van der Waals surface area (Å²) in [6.07, 6.45) is 7.56. The molecule has 5 rings (SSSR count). The van der Waals surface area contributed by atoms with Gasteiger partial charge in [0.15, 0.2) is 21.4 Å². The molecule has 0 spiro atoms. The smallest absolute Gasteiger partial charge is 0.165 e. The third kappa shape index (κ3) is 4.94. The van der Waals surface area contributed by atoms with Crippen molar-refractivity contribution in [2.45, 2.75) is 12.8 Å². The highest BCUT2D eigenvalue weighted by Crippen LogP contribution is 2.30. The first-order chi connectivity index (χ1) is 16.8. The highest BCUT2D eigenvalue weighted by molar-refractivity contribution is 7.91. The number of hydrogen-bond donors (Lipinski definition) is 0. The predicted molar refractivity (Wildman–Crippen MR) is 133 cm³/mol. The molecule has 10 heteroatoms. The number of pyridine rings is 1. The van der Waals surface area contributed by atoms with Crippen molar-refractivity contribution in [2.24, 2.45) is 7.05 Å². The summed E-state index contributed by atoms with van der Waals surface area (Å²) >= 11 is 0. The molecule has 1 aromatic carbocycles. The Labute approximate surface area is 203 Å². The number of sulfone groups is 1. The zero-order valence-corrected chi connectivity index (χ0v) is 20.6. The number of fused-ring (bicyclic) bond motifs is 1. The lowest BCUT2D eigenvalue weighted by Crippen LogP contribution is -2.40. The molecule has 4 heterocycles. The molecule has 1 aliphatic heterocycles. The van der Waals surface area contributed by atoms with Gasteiger partial charge in [0.2, 0.25) is 0 Å². The molecule has 4 aromatic rings. The van der Waals surface area contributed by atoms with E-state index in [1.165, 1.54) is 13.2 Å². The molecule has 0 N–H and O–H groups in total. The fraction of sp³-hybridized carbons (Fsp3) is 0.360. The van der Waals surface area contributed by atoms with Crippen molar-refractivity contribution in [3.05, 3.63) is 60.3 Å². The number of benzene rings is 1. The fourth-order valence-electron chi connectivity index (χ4n) is 4.55. The van der Waals surface area contributed by atoms with E-state index in [1.54, 1.807) is 23.0 Å². The normalized spacial score (nSPS) is 16.1. The molecule has 0 aliphatic carbocycles. The van der Waals surface area contributed by atoms with Crippen LogP contribution < -0.4 is 4.74 Å². The van der Waals surface area contributed by atoms with Crippen LogP contribution in [0.4, 0.5) is 4.39 Å². The van der Waals surface area contributed by atoms with E-state index < -0.39 is 15.7 Å². The van der Waals surface area contributed by atoms with Crippen LogP contribution in [0, 0.1) is 5.82 Å². The first kappa shape index (κ1) is 23.5. The average Bonchev–Trinajstić information content (AvgIpc) is 3.43. The third-order valence-corrected chi connectivity index (χ3v) is 8.12. The van der Waals surface area contributed by atoms with E-state index in [0.29, 0.717) is 24.3 Å². The molecule has 0 saturated carbocycles. The van der Waals surface area contributed by atoms with Gasteiger partial charge in [-0.15, -0.1) is 0 Å². The van der Waals surface area contributed by atoms with Gasteiger partial charge < -0.3 is 9.64 Å². The van der Waals surface area contributed by atoms with Gasteiger partial charge in [-0.25, -0.2) is 17.8 Å². The minimum atomic E-state index is -2.87. The van der Waals surface area contributed by atoms with E-state index in [2.05, 4.69) is 16.2 Å². The SMILES string of the molecule is COc1ccc(-c2ccc3c(CCCN4CCS(=O)(=O)CC4)cn(-c4cnn(C)c4)c3n2)cc1F. The van der Waals surface area contributed by atoms with Gasteiger partial charge in [-0.05, 0) is 55.3 Å². The first-order valence-electron chi connectivity index (χ1n) is 11.6. The van der Waals surface area contributed by atoms with E-state index in [9.17, 15) is 12.8 Å². The van der Waals surface area contributed by atoms with Gasteiger partial charge in [-0.1, -0.05) is 0 Å². The summed E-state index contributed by atoms with van der Waals surface area (Å²) in [5.74, 6) is 0.251. The maximum atomic E-state index is 14.3. The third-order valence-electron chi connectivity index (χ3n) is 6.51. The standard InChI is InChI=1S/C25H28FN5O3S/c1-29-17-20(15-27-29)31-16-19(4-3-9-30-10-12-35(32,33)13-11-30)21-6-7-23(28-25(21)31)18-5-8-24(34-2)22(26)14-18/h5-8,14-17H,3-4,9-13H2,1-2H3. The molecule has 184 valence electrons. The lowest BCUT2D eigenvalue weighted by Gasteiger charge is -2.26. The zero-order chi connectivity index (χ0) is 24.6. The zero-order valence-electron chi connectivity index (χ0n) is 19.8. The molecule has 1 fully saturated rings. The Morgan fingerprint density at radius 2 is 1.91 bits per heavy atom. The van der Waals surface area contributed by atoms with Crippen molar-refractivity contribution in [2.75, 3.05) is 38.2 Å². The molecule has 1 aliphatic rings. The quantitative estimate of drug-likeness (QED) is 0.390. The van der Waals surface area contributed by atoms with Crippen LogP contribution in [0.5, 0.6) is 5.75 Å². The van der Waals surface area contributed by atoms with Gasteiger partial charge in [0.1, 0.15) is 5.65 Å². The summed E-state index contributed by atoms with van der Waals surface area (Å²) < 4.78 is 46.5. The fourth-order valence-corrected chi connectivity index (χ4v) is 5.83. The maximum Gasteiger partial charge on any atom is 0.165 e. The van der Waals surface area contributed by atoms with Crippen LogP contribution in [-0.4, -0.2) is 70.9 Å². The monoisotopic (exact) mass is 497 g/mol. The molecule has 0 atom stereocenters. The molecular formula is C25H28FN5O3S. The number of aryl methyl sites for hydroxylation is 2. The lowest BCUT2D eigenvalue weighted by molar-refractivity contribution is 0.292. The average molecular weight is 498 g/mol. The number of rotatable bonds is 7. The molecule has 35 heavy (non-hydrogen) atoms. The molecule has 0 bridgehead atoms. The molecule has 0 unspecified atom stereocenters. The van der Waals surface area contributed by atoms with Crippen molar-refractivity contribution in [3.8, 4) is 22.7 Å². The van der Waals surface area contributed by atoms with Gasteiger partial charge in [0.05, 0.1) is 36.2 Å². The van der Waals surface area contributed by atoms with Crippen molar-refractivity contribution in [1.29, 1.82) is 0 Å². The predicted octanol–water partition coefficient (Wildman–Crippen LogP) is 3.24. The second-order valence-electron chi connectivity index (χ2n) is 8.91. The van der Waals surface area contributed by atoms with Crippen LogP contribution >= 0.6 is 0 Å². The largest absolute Gasteiger partial charge is 0.494 e. The van der Waals surface area contributed by atoms with Crippen LogP contribution in [-0.2, 0) is 23.3 Å². The van der Waals surface area contributed by atoms with Crippen molar-refractivity contribution < 1.29 is 17.5 Å². The minimum absolute atomic E-state index is 0.196. The Bertz CT molecular complexity index is 1460. The highest BCUT2D eigenvalue weighted by Gasteiger charge is 2.21. The Hall–Kier alpha value is -3.24. The molecule has 0 amide bonds. The van der Waals surface area contributed by atoms with Gasteiger partial charge in [-0.2, -0.15) is 5.10 Å². The molecular weight excluding hydrogens is 469 g/mol. The molecule has 1 saturated heterocycles. The van der Waals surface area contributed by atoms with Crippen LogP contribution in [0.3, 0.4) is 0 Å². The van der Waals surface area contributed by atoms with Crippen LogP contribution in [0.25, 0.3) is 28.0 Å². The number of nitrogens with zero attached hydrogens (tertiary/aromatic N) is 5. The summed E-state index contributed by atoms with van der Waals surface area (Å²) in [6.45, 7) is 2.05. The topological polar surface area (TPSA) is 82.3 Å². The summed E-state index contributed by atoms with van der Waals surface area (Å²) in [6, 6.07) is 8.79. The minimum Gasteiger partial charge on any atom is -0.494 e. The Morgan fingerprint density at radius 1 is 1.11 bits per heavy atom. The Balaban J connectivity index is 1.44. The Kier molecular flexibility index (Phi) is 6.33. The van der Waals surface area contributed by atoms with Crippen molar-refractivity contribution >= 4 is 20.9 Å². The lowest BCUT2D eigenvalue weighted by atomic mass is 10.1. The van der Waals surface area contributed by atoms with Crippen LogP contribution in [0.1, 0.15) is 12.0 Å². The van der Waals surface area contributed by atoms with Gasteiger partial charge in [0.25, 0.3) is 0 Å². The number of halogens is 1. The van der Waals surface area contributed by atoms with Gasteiger partial charge in [-0.3, -0.25) is 9.25 Å². The van der Waals surface area contributed by atoms with Crippen LogP contribution in [0.15, 0.2) is 48.9 Å². The summed E-state index contributed by atoms with van der Waals surface area (Å²) in [4.78, 5) is 7.12. The summed E-state index contributed by atoms with van der Waals surface area (Å²) in [5, 5.41) is 5.34. The van der Waals surface area contributed by atoms with E-state index in [4.69, 9.17) is 9.72 Å². The summed E-state index contributed by atoms with van der Waals surface area (Å²) in [5.41, 5.74) is 4.18. The van der Waals surface area contributed by atoms with E-state index >= 15 is 0 Å². The second kappa shape index (κ2) is 9.43. The van der Waals surface area contributed by atoms with E-state index in [0.717, 1.165) is 41.7 Å². The first-order valence-corrected chi connectivity index (χ1v) is 13.4. The molecule has 8 nitrogen and oxygen atoms in total.